The van der Waals surface area contributed by atoms with E-state index in [0.29, 0.717) is 17.8 Å². The number of hydrogen-bond acceptors (Lipinski definition) is 3. The van der Waals surface area contributed by atoms with Crippen LogP contribution in [0.5, 0.6) is 0 Å². The van der Waals surface area contributed by atoms with E-state index in [2.05, 4.69) is 41.4 Å². The van der Waals surface area contributed by atoms with Gasteiger partial charge in [0.05, 0.1) is 6.54 Å². The van der Waals surface area contributed by atoms with Gasteiger partial charge in [-0.05, 0) is 81.4 Å². The Bertz CT molecular complexity index is 792. The highest BCUT2D eigenvalue weighted by Crippen LogP contribution is 2.22. The molecule has 0 spiro atoms. The van der Waals surface area contributed by atoms with Crippen LogP contribution in [0.3, 0.4) is 0 Å². The predicted octanol–water partition coefficient (Wildman–Crippen LogP) is 3.38. The van der Waals surface area contributed by atoms with E-state index in [-0.39, 0.29) is 5.91 Å². The fourth-order valence-corrected chi connectivity index (χ4v) is 3.68. The average Bonchev–Trinajstić information content (AvgIpc) is 2.69. The van der Waals surface area contributed by atoms with Gasteiger partial charge < -0.3 is 11.1 Å². The van der Waals surface area contributed by atoms with Crippen molar-refractivity contribution in [3.8, 4) is 0 Å². The van der Waals surface area contributed by atoms with Crippen molar-refractivity contribution >= 4 is 17.5 Å². The largest absolute Gasteiger partial charge is 0.366 e. The zero-order chi connectivity index (χ0) is 19.9. The van der Waals surface area contributed by atoms with E-state index in [0.717, 1.165) is 38.3 Å². The molecule has 1 aliphatic heterocycles. The van der Waals surface area contributed by atoms with Crippen molar-refractivity contribution in [2.75, 3.05) is 25.0 Å². The highest BCUT2D eigenvalue weighted by Gasteiger charge is 2.20. The number of carbonyl (C=O) groups is 2. The molecule has 3 rings (SSSR count). The summed E-state index contributed by atoms with van der Waals surface area (Å²) in [5.74, 6) is 0.245. The molecule has 3 N–H and O–H groups in total. The van der Waals surface area contributed by atoms with Gasteiger partial charge in [-0.2, -0.15) is 0 Å². The van der Waals surface area contributed by atoms with Crippen LogP contribution < -0.4 is 11.1 Å². The van der Waals surface area contributed by atoms with Crippen LogP contribution in [0.1, 0.15) is 40.7 Å². The third-order valence-corrected chi connectivity index (χ3v) is 5.49. The first-order chi connectivity index (χ1) is 13.5. The number of rotatable bonds is 7. The fraction of sp³-hybridized carbons (Fsp3) is 0.391. The second-order valence-electron chi connectivity index (χ2n) is 7.73. The van der Waals surface area contributed by atoms with Crippen LogP contribution in [0.15, 0.2) is 48.5 Å². The minimum atomic E-state index is -0.469. The lowest BCUT2D eigenvalue weighted by Gasteiger charge is -2.31. The Morgan fingerprint density at radius 1 is 1.04 bits per heavy atom. The van der Waals surface area contributed by atoms with Gasteiger partial charge in [0.2, 0.25) is 11.8 Å². The van der Waals surface area contributed by atoms with E-state index >= 15 is 0 Å². The van der Waals surface area contributed by atoms with Crippen LogP contribution in [0.2, 0.25) is 0 Å². The van der Waals surface area contributed by atoms with Crippen LogP contribution in [0, 0.1) is 12.8 Å². The summed E-state index contributed by atoms with van der Waals surface area (Å²) >= 11 is 0. The van der Waals surface area contributed by atoms with E-state index in [9.17, 15) is 9.59 Å². The molecule has 0 bridgehead atoms. The molecule has 2 aromatic carbocycles. The lowest BCUT2D eigenvalue weighted by molar-refractivity contribution is -0.117. The summed E-state index contributed by atoms with van der Waals surface area (Å²) < 4.78 is 0. The molecule has 0 radical (unpaired) electrons. The summed E-state index contributed by atoms with van der Waals surface area (Å²) in [5, 5.41) is 2.89. The van der Waals surface area contributed by atoms with E-state index in [1.54, 1.807) is 24.3 Å². The van der Waals surface area contributed by atoms with E-state index in [1.165, 1.54) is 17.5 Å². The fourth-order valence-electron chi connectivity index (χ4n) is 3.68. The maximum Gasteiger partial charge on any atom is 0.248 e. The van der Waals surface area contributed by atoms with Crippen LogP contribution in [0.4, 0.5) is 5.69 Å². The number of primary amides is 1. The average molecular weight is 380 g/mol. The van der Waals surface area contributed by atoms with Gasteiger partial charge in [0.1, 0.15) is 0 Å². The third kappa shape index (κ3) is 5.92. The normalized spacial score (nSPS) is 15.3. The number of nitrogens with zero attached hydrogens (tertiary/aromatic N) is 1. The lowest BCUT2D eigenvalue weighted by atomic mass is 9.90. The van der Waals surface area contributed by atoms with Crippen molar-refractivity contribution in [3.63, 3.8) is 0 Å². The number of anilines is 1. The quantitative estimate of drug-likeness (QED) is 0.774. The highest BCUT2D eigenvalue weighted by atomic mass is 16.2. The first-order valence-electron chi connectivity index (χ1n) is 9.97. The van der Waals surface area contributed by atoms with E-state index in [4.69, 9.17) is 5.73 Å². The van der Waals surface area contributed by atoms with E-state index in [1.807, 2.05) is 0 Å². The van der Waals surface area contributed by atoms with Crippen molar-refractivity contribution in [3.05, 3.63) is 65.2 Å². The molecule has 1 fully saturated rings. The van der Waals surface area contributed by atoms with Crippen LogP contribution in [-0.2, 0) is 11.2 Å². The molecule has 2 aromatic rings. The Kier molecular flexibility index (Phi) is 6.82. The number of benzene rings is 2. The number of nitrogens with two attached hydrogens (primary N) is 1. The van der Waals surface area contributed by atoms with Crippen LogP contribution in [0.25, 0.3) is 0 Å². The molecule has 0 aromatic heterocycles. The highest BCUT2D eigenvalue weighted by molar-refractivity contribution is 5.95. The Morgan fingerprint density at radius 3 is 2.29 bits per heavy atom. The van der Waals surface area contributed by atoms with Crippen molar-refractivity contribution in [1.82, 2.24) is 4.90 Å². The minimum absolute atomic E-state index is 0.0232. The number of nitrogens with one attached hydrogen (secondary N) is 1. The zero-order valence-electron chi connectivity index (χ0n) is 16.5. The van der Waals surface area contributed by atoms with Gasteiger partial charge in [-0.15, -0.1) is 0 Å². The number of amides is 2. The number of hydrogen-bond donors (Lipinski definition) is 2. The van der Waals surface area contributed by atoms with Gasteiger partial charge in [-0.1, -0.05) is 29.8 Å². The van der Waals surface area contributed by atoms with Gasteiger partial charge in [0, 0.05) is 11.3 Å². The van der Waals surface area contributed by atoms with Gasteiger partial charge in [-0.3, -0.25) is 14.5 Å². The van der Waals surface area contributed by atoms with Crippen molar-refractivity contribution < 1.29 is 9.59 Å². The van der Waals surface area contributed by atoms with Gasteiger partial charge in [-0.25, -0.2) is 0 Å². The predicted molar refractivity (Wildman–Crippen MR) is 112 cm³/mol. The molecule has 5 heteroatoms. The standard InChI is InChI=1S/C23H29N3O2/c1-17-2-4-18(5-3-17)6-7-19-12-14-26(15-13-19)16-22(27)25-21-10-8-20(9-11-21)23(24)28/h2-5,8-11,19H,6-7,12-16H2,1H3,(H2,24,28)(H,25,27). The maximum absolute atomic E-state index is 12.3. The molecular weight excluding hydrogens is 350 g/mol. The zero-order valence-corrected chi connectivity index (χ0v) is 16.5. The maximum atomic E-state index is 12.3. The molecule has 1 heterocycles. The molecule has 0 atom stereocenters. The van der Waals surface area contributed by atoms with Crippen molar-refractivity contribution in [2.24, 2.45) is 11.7 Å². The number of likely N-dealkylation sites (tertiary alicyclic amines) is 1. The summed E-state index contributed by atoms with van der Waals surface area (Å²) in [6.07, 6.45) is 4.64. The summed E-state index contributed by atoms with van der Waals surface area (Å²) in [7, 11) is 0. The number of carbonyl (C=O) groups excluding carboxylic acids is 2. The summed E-state index contributed by atoms with van der Waals surface area (Å²) in [5.41, 5.74) is 9.06. The third-order valence-electron chi connectivity index (χ3n) is 5.49. The Morgan fingerprint density at radius 2 is 1.68 bits per heavy atom. The number of aryl methyl sites for hydroxylation is 2. The molecule has 0 aliphatic carbocycles. The molecule has 0 saturated carbocycles. The Hall–Kier alpha value is -2.66. The molecule has 1 aliphatic rings. The first kappa shape index (κ1) is 20.1. The lowest BCUT2D eigenvalue weighted by Crippen LogP contribution is -2.39. The molecule has 28 heavy (non-hydrogen) atoms. The van der Waals surface area contributed by atoms with Crippen LogP contribution in [-0.4, -0.2) is 36.3 Å². The van der Waals surface area contributed by atoms with Crippen molar-refractivity contribution in [2.45, 2.75) is 32.6 Å². The van der Waals surface area contributed by atoms with Gasteiger partial charge >= 0.3 is 0 Å². The smallest absolute Gasteiger partial charge is 0.248 e. The number of piperidine rings is 1. The van der Waals surface area contributed by atoms with Gasteiger partial charge in [0.15, 0.2) is 0 Å². The molecule has 2 amide bonds. The molecule has 1 saturated heterocycles. The minimum Gasteiger partial charge on any atom is -0.366 e. The molecule has 0 unspecified atom stereocenters. The summed E-state index contributed by atoms with van der Waals surface area (Å²) in [4.78, 5) is 25.6. The molecule has 5 nitrogen and oxygen atoms in total. The molecule has 148 valence electrons. The second kappa shape index (κ2) is 9.51. The Labute approximate surface area is 166 Å². The van der Waals surface area contributed by atoms with Crippen molar-refractivity contribution in [1.29, 1.82) is 0 Å². The second-order valence-corrected chi connectivity index (χ2v) is 7.73. The van der Waals surface area contributed by atoms with Crippen LogP contribution >= 0.6 is 0 Å². The topological polar surface area (TPSA) is 75.4 Å². The monoisotopic (exact) mass is 379 g/mol. The first-order valence-corrected chi connectivity index (χ1v) is 9.97. The summed E-state index contributed by atoms with van der Waals surface area (Å²) in [6.45, 7) is 4.45. The Balaban J connectivity index is 1.38. The van der Waals surface area contributed by atoms with E-state index < -0.39 is 5.91 Å². The summed E-state index contributed by atoms with van der Waals surface area (Å²) in [6, 6.07) is 15.5. The SMILES string of the molecule is Cc1ccc(CCC2CCN(CC(=O)Nc3ccc(C(N)=O)cc3)CC2)cc1. The van der Waals surface area contributed by atoms with Gasteiger partial charge in [0.25, 0.3) is 0 Å². The molecular formula is C23H29N3O2.